The van der Waals surface area contributed by atoms with Gasteiger partial charge in [-0.1, -0.05) is 19.1 Å². The first kappa shape index (κ1) is 15.4. The van der Waals surface area contributed by atoms with Gasteiger partial charge in [0, 0.05) is 19.6 Å². The average Bonchev–Trinajstić information content (AvgIpc) is 2.89. The third kappa shape index (κ3) is 3.54. The number of nitrogens with two attached hydrogens (primary N) is 1. The third-order valence-electron chi connectivity index (χ3n) is 3.67. The van der Waals surface area contributed by atoms with Gasteiger partial charge in [0.1, 0.15) is 0 Å². The topological polar surface area (TPSA) is 81.2 Å². The summed E-state index contributed by atoms with van der Waals surface area (Å²) in [6, 6.07) is -0.0730. The smallest absolute Gasteiger partial charge is 0.0925 e. The van der Waals surface area contributed by atoms with E-state index in [1.54, 1.807) is 6.20 Å². The second-order valence-corrected chi connectivity index (χ2v) is 5.24. The van der Waals surface area contributed by atoms with Crippen molar-refractivity contribution in [2.24, 2.45) is 5.84 Å². The van der Waals surface area contributed by atoms with Crippen LogP contribution < -0.4 is 11.3 Å². The molecule has 7 nitrogen and oxygen atoms in total. The lowest BCUT2D eigenvalue weighted by Gasteiger charge is -2.36. The van der Waals surface area contributed by atoms with Crippen molar-refractivity contribution in [1.82, 2.24) is 25.3 Å². The molecule has 1 aromatic heterocycles. The number of rotatable bonds is 7. The summed E-state index contributed by atoms with van der Waals surface area (Å²) in [5.41, 5.74) is 3.88. The maximum Gasteiger partial charge on any atom is 0.0925 e. The normalized spacial score (nSPS) is 22.1. The lowest BCUT2D eigenvalue weighted by Crippen LogP contribution is -2.50. The number of aromatic nitrogens is 3. The molecule has 0 spiro atoms. The van der Waals surface area contributed by atoms with E-state index in [9.17, 15) is 0 Å². The van der Waals surface area contributed by atoms with Crippen molar-refractivity contribution >= 4 is 0 Å². The highest BCUT2D eigenvalue weighted by Gasteiger charge is 2.30. The summed E-state index contributed by atoms with van der Waals surface area (Å²) >= 11 is 0. The maximum absolute atomic E-state index is 5.91. The first-order valence-corrected chi connectivity index (χ1v) is 7.48. The summed E-state index contributed by atoms with van der Waals surface area (Å²) in [5, 5.41) is 8.13. The Labute approximate surface area is 120 Å². The van der Waals surface area contributed by atoms with Gasteiger partial charge >= 0.3 is 0 Å². The molecule has 1 saturated heterocycles. The average molecular weight is 282 g/mol. The molecule has 114 valence electrons. The van der Waals surface area contributed by atoms with Crippen LogP contribution in [0.25, 0.3) is 0 Å². The van der Waals surface area contributed by atoms with Crippen molar-refractivity contribution < 1.29 is 4.74 Å². The summed E-state index contributed by atoms with van der Waals surface area (Å²) in [4.78, 5) is 2.42. The fraction of sp³-hybridized carbons (Fsp3) is 0.846. The minimum atomic E-state index is -0.0730. The minimum absolute atomic E-state index is 0.0365. The van der Waals surface area contributed by atoms with E-state index in [1.165, 1.54) is 0 Å². The Balaban J connectivity index is 2.08. The Morgan fingerprint density at radius 1 is 1.45 bits per heavy atom. The molecule has 7 heteroatoms. The van der Waals surface area contributed by atoms with E-state index in [-0.39, 0.29) is 12.1 Å². The highest BCUT2D eigenvalue weighted by Crippen LogP contribution is 2.21. The zero-order valence-corrected chi connectivity index (χ0v) is 12.5. The fourth-order valence-electron chi connectivity index (χ4n) is 2.73. The molecule has 1 aliphatic heterocycles. The van der Waals surface area contributed by atoms with Crippen LogP contribution in [-0.4, -0.2) is 52.2 Å². The Morgan fingerprint density at radius 3 is 2.95 bits per heavy atom. The van der Waals surface area contributed by atoms with Gasteiger partial charge in [-0.2, -0.15) is 0 Å². The third-order valence-corrected chi connectivity index (χ3v) is 3.67. The standard InChI is InChI=1S/C13H26N6O/c1-3-5-18-7-8-20-12(10-18)13(16-14)11-9-15-17-19(11)6-4-2/h9,12-13,16H,3-8,10,14H2,1-2H3. The van der Waals surface area contributed by atoms with Crippen LogP contribution in [0.2, 0.25) is 0 Å². The van der Waals surface area contributed by atoms with Crippen molar-refractivity contribution in [1.29, 1.82) is 0 Å². The quantitative estimate of drug-likeness (QED) is 0.553. The Morgan fingerprint density at radius 2 is 2.25 bits per heavy atom. The number of hydrogen-bond acceptors (Lipinski definition) is 6. The lowest BCUT2D eigenvalue weighted by molar-refractivity contribution is -0.0484. The highest BCUT2D eigenvalue weighted by molar-refractivity contribution is 5.06. The highest BCUT2D eigenvalue weighted by atomic mass is 16.5. The summed E-state index contributed by atoms with van der Waals surface area (Å²) in [6.07, 6.45) is 3.99. The number of ether oxygens (including phenoxy) is 1. The second kappa shape index (κ2) is 7.68. The lowest BCUT2D eigenvalue weighted by atomic mass is 10.1. The van der Waals surface area contributed by atoms with Crippen molar-refractivity contribution in [3.8, 4) is 0 Å². The zero-order valence-electron chi connectivity index (χ0n) is 12.5. The van der Waals surface area contributed by atoms with Crippen molar-refractivity contribution in [3.63, 3.8) is 0 Å². The molecule has 0 saturated carbocycles. The molecule has 1 fully saturated rings. The molecule has 2 heterocycles. The van der Waals surface area contributed by atoms with Crippen LogP contribution in [0.5, 0.6) is 0 Å². The van der Waals surface area contributed by atoms with Crippen LogP contribution in [-0.2, 0) is 11.3 Å². The molecule has 1 aromatic rings. The maximum atomic E-state index is 5.91. The van der Waals surface area contributed by atoms with Gasteiger partial charge in [0.05, 0.1) is 30.6 Å². The molecule has 0 aromatic carbocycles. The number of nitrogens with zero attached hydrogens (tertiary/aromatic N) is 4. The monoisotopic (exact) mass is 282 g/mol. The van der Waals surface area contributed by atoms with Crippen LogP contribution in [0, 0.1) is 0 Å². The molecule has 0 aliphatic carbocycles. The molecular formula is C13H26N6O. The molecule has 3 N–H and O–H groups in total. The summed E-state index contributed by atoms with van der Waals surface area (Å²) in [7, 11) is 0. The van der Waals surface area contributed by atoms with E-state index in [1.807, 2.05) is 4.68 Å². The molecule has 1 aliphatic rings. The predicted octanol–water partition coefficient (Wildman–Crippen LogP) is 0.303. The Bertz CT molecular complexity index is 394. The van der Waals surface area contributed by atoms with Crippen LogP contribution in [0.3, 0.4) is 0 Å². The van der Waals surface area contributed by atoms with E-state index in [0.717, 1.165) is 51.3 Å². The van der Waals surface area contributed by atoms with Gasteiger partial charge in [-0.25, -0.2) is 10.1 Å². The molecule has 0 radical (unpaired) electrons. The number of nitrogens with one attached hydrogen (secondary N) is 1. The van der Waals surface area contributed by atoms with Gasteiger partial charge in [-0.05, 0) is 19.4 Å². The number of aryl methyl sites for hydroxylation is 1. The second-order valence-electron chi connectivity index (χ2n) is 5.24. The van der Waals surface area contributed by atoms with Crippen LogP contribution in [0.1, 0.15) is 38.4 Å². The number of hydrazine groups is 1. The summed E-state index contributed by atoms with van der Waals surface area (Å²) in [6.45, 7) is 8.90. The van der Waals surface area contributed by atoms with E-state index in [4.69, 9.17) is 10.6 Å². The van der Waals surface area contributed by atoms with Crippen molar-refractivity contribution in [2.75, 3.05) is 26.2 Å². The molecule has 20 heavy (non-hydrogen) atoms. The number of morpholine rings is 1. The van der Waals surface area contributed by atoms with Crippen LogP contribution in [0.4, 0.5) is 0 Å². The first-order valence-electron chi connectivity index (χ1n) is 7.48. The summed E-state index contributed by atoms with van der Waals surface area (Å²) < 4.78 is 7.82. The Hall–Kier alpha value is -1.02. The van der Waals surface area contributed by atoms with E-state index in [2.05, 4.69) is 34.5 Å². The van der Waals surface area contributed by atoms with Gasteiger partial charge in [0.25, 0.3) is 0 Å². The van der Waals surface area contributed by atoms with E-state index < -0.39 is 0 Å². The van der Waals surface area contributed by atoms with Gasteiger partial charge in [0.15, 0.2) is 0 Å². The van der Waals surface area contributed by atoms with Gasteiger partial charge in [0.2, 0.25) is 0 Å². The van der Waals surface area contributed by atoms with Gasteiger partial charge < -0.3 is 4.74 Å². The van der Waals surface area contributed by atoms with Crippen LogP contribution >= 0.6 is 0 Å². The molecule has 2 unspecified atom stereocenters. The zero-order chi connectivity index (χ0) is 14.4. The minimum Gasteiger partial charge on any atom is -0.373 e. The molecule has 2 atom stereocenters. The van der Waals surface area contributed by atoms with Gasteiger partial charge in [-0.3, -0.25) is 10.7 Å². The molecule has 0 bridgehead atoms. The SMILES string of the molecule is CCCN1CCOC(C(NN)c2cnnn2CCC)C1. The van der Waals surface area contributed by atoms with E-state index in [0.29, 0.717) is 0 Å². The van der Waals surface area contributed by atoms with Crippen LogP contribution in [0.15, 0.2) is 6.20 Å². The van der Waals surface area contributed by atoms with Crippen molar-refractivity contribution in [3.05, 3.63) is 11.9 Å². The predicted molar refractivity (Wildman–Crippen MR) is 76.8 cm³/mol. The van der Waals surface area contributed by atoms with Crippen molar-refractivity contribution in [2.45, 2.75) is 45.4 Å². The number of hydrogen-bond donors (Lipinski definition) is 2. The Kier molecular flexibility index (Phi) is 5.90. The van der Waals surface area contributed by atoms with E-state index >= 15 is 0 Å². The summed E-state index contributed by atoms with van der Waals surface area (Å²) in [5.74, 6) is 5.76. The largest absolute Gasteiger partial charge is 0.373 e. The fourth-order valence-corrected chi connectivity index (χ4v) is 2.73. The molecule has 0 amide bonds. The molecular weight excluding hydrogens is 256 g/mol. The first-order chi connectivity index (χ1) is 9.80. The molecule has 2 rings (SSSR count). The van der Waals surface area contributed by atoms with Gasteiger partial charge in [-0.15, -0.1) is 5.10 Å².